The zero-order chi connectivity index (χ0) is 22.7. The molecule has 0 spiro atoms. The fourth-order valence-electron chi connectivity index (χ4n) is 3.02. The van der Waals surface area contributed by atoms with Gasteiger partial charge in [0.1, 0.15) is 0 Å². The lowest BCUT2D eigenvalue weighted by molar-refractivity contribution is -0.754. The molecule has 8 nitrogen and oxygen atoms in total. The van der Waals surface area contributed by atoms with Crippen LogP contribution in [0.5, 0.6) is 0 Å². The number of anilines is 1. The Morgan fingerprint density at radius 3 is 2.75 bits per heavy atom. The van der Waals surface area contributed by atoms with Gasteiger partial charge in [-0.3, -0.25) is 9.20 Å². The van der Waals surface area contributed by atoms with Crippen LogP contribution >= 0.6 is 0 Å². The van der Waals surface area contributed by atoms with Crippen LogP contribution in [0.1, 0.15) is 11.1 Å². The van der Waals surface area contributed by atoms with Crippen LogP contribution < -0.4 is 15.1 Å². The molecule has 164 valence electrons. The maximum Gasteiger partial charge on any atom is 0.416 e. The highest BCUT2D eigenvalue weighted by Crippen LogP contribution is 2.30. The summed E-state index contributed by atoms with van der Waals surface area (Å²) in [6.45, 7) is 0.363. The molecule has 0 aliphatic heterocycles. The van der Waals surface area contributed by atoms with Crippen molar-refractivity contribution in [3.05, 3.63) is 78.2 Å². The third-order valence-corrected chi connectivity index (χ3v) is 4.46. The number of aryl methyl sites for hydroxylation is 1. The molecule has 0 amide bonds. The maximum absolute atomic E-state index is 12.8. The lowest BCUT2D eigenvalue weighted by Gasteiger charge is -2.14. The summed E-state index contributed by atoms with van der Waals surface area (Å²) in [6.07, 6.45) is 0.579. The molecule has 0 aliphatic rings. The van der Waals surface area contributed by atoms with Crippen LogP contribution in [0.15, 0.2) is 76.6 Å². The Labute approximate surface area is 180 Å². The van der Waals surface area contributed by atoms with Crippen LogP contribution in [0.25, 0.3) is 11.1 Å². The SMILES string of the molecule is Cn1cc(-c2cccc(C[n+]3cc(N=C([O-])Nc4cccc(C(F)(F)F)c4)on3)c2)cn1. The van der Waals surface area contributed by atoms with Crippen LogP contribution in [0.3, 0.4) is 0 Å². The Kier molecular flexibility index (Phi) is 5.63. The second-order valence-electron chi connectivity index (χ2n) is 6.96. The van der Waals surface area contributed by atoms with Gasteiger partial charge < -0.3 is 10.4 Å². The van der Waals surface area contributed by atoms with Crippen molar-refractivity contribution in [2.45, 2.75) is 12.7 Å². The highest BCUT2D eigenvalue weighted by molar-refractivity contribution is 5.87. The van der Waals surface area contributed by atoms with Crippen LogP contribution in [0.2, 0.25) is 0 Å². The van der Waals surface area contributed by atoms with Crippen LogP contribution in [0.4, 0.5) is 24.7 Å². The molecule has 0 unspecified atom stereocenters. The van der Waals surface area contributed by atoms with E-state index in [1.807, 2.05) is 37.5 Å². The highest BCUT2D eigenvalue weighted by atomic mass is 19.4. The number of nitrogens with one attached hydrogen (secondary N) is 1. The molecule has 0 aliphatic carbocycles. The normalized spacial score (nSPS) is 12.2. The van der Waals surface area contributed by atoms with E-state index in [1.54, 1.807) is 10.9 Å². The molecule has 0 atom stereocenters. The van der Waals surface area contributed by atoms with Crippen LogP contribution in [-0.4, -0.2) is 21.1 Å². The summed E-state index contributed by atoms with van der Waals surface area (Å²) in [5.41, 5.74) is 1.99. The molecule has 0 saturated heterocycles. The number of aromatic nitrogens is 4. The van der Waals surface area contributed by atoms with Crippen molar-refractivity contribution in [3.8, 4) is 11.1 Å². The molecule has 32 heavy (non-hydrogen) atoms. The molecule has 4 aromatic rings. The van der Waals surface area contributed by atoms with Gasteiger partial charge in [-0.05, 0) is 34.5 Å². The van der Waals surface area contributed by atoms with Gasteiger partial charge in [0.05, 0.1) is 17.8 Å². The molecule has 4 rings (SSSR count). The van der Waals surface area contributed by atoms with Crippen molar-refractivity contribution in [2.75, 3.05) is 5.32 Å². The van der Waals surface area contributed by atoms with E-state index in [9.17, 15) is 18.3 Å². The van der Waals surface area contributed by atoms with Gasteiger partial charge in [0.15, 0.2) is 0 Å². The van der Waals surface area contributed by atoms with Gasteiger partial charge in [0.2, 0.25) is 11.8 Å². The number of halogens is 3. The summed E-state index contributed by atoms with van der Waals surface area (Å²) in [5.74, 6) is -0.0853. The number of nitrogens with zero attached hydrogens (tertiary/aromatic N) is 5. The van der Waals surface area contributed by atoms with Crippen LogP contribution in [-0.2, 0) is 19.8 Å². The van der Waals surface area contributed by atoms with Crippen molar-refractivity contribution < 1.29 is 27.5 Å². The van der Waals surface area contributed by atoms with Crippen LogP contribution in [0, 0.1) is 0 Å². The second-order valence-corrected chi connectivity index (χ2v) is 6.96. The van der Waals surface area contributed by atoms with E-state index in [-0.39, 0.29) is 11.6 Å². The first-order chi connectivity index (χ1) is 15.3. The first kappa shape index (κ1) is 21.1. The number of amidine groups is 1. The maximum atomic E-state index is 12.8. The minimum atomic E-state index is -4.51. The molecule has 0 bridgehead atoms. The Bertz CT molecular complexity index is 1260. The number of alkyl halides is 3. The van der Waals surface area contributed by atoms with E-state index in [2.05, 4.69) is 20.7 Å². The van der Waals surface area contributed by atoms with Crippen molar-refractivity contribution in [1.29, 1.82) is 0 Å². The second kappa shape index (κ2) is 8.53. The largest absolute Gasteiger partial charge is 0.846 e. The van der Waals surface area contributed by atoms with E-state index in [1.165, 1.54) is 23.0 Å². The number of benzene rings is 2. The van der Waals surface area contributed by atoms with E-state index in [4.69, 9.17) is 4.52 Å². The van der Waals surface area contributed by atoms with Gasteiger partial charge in [-0.15, -0.1) is 0 Å². The molecule has 2 aromatic carbocycles. The van der Waals surface area contributed by atoms with Crippen molar-refractivity contribution in [3.63, 3.8) is 0 Å². The van der Waals surface area contributed by atoms with E-state index in [0.29, 0.717) is 6.54 Å². The summed E-state index contributed by atoms with van der Waals surface area (Å²) in [6, 6.07) is 11.1. The summed E-state index contributed by atoms with van der Waals surface area (Å²) in [7, 11) is 1.84. The summed E-state index contributed by atoms with van der Waals surface area (Å²) in [5, 5.41) is 22.3. The lowest BCUT2D eigenvalue weighted by Crippen LogP contribution is -2.35. The zero-order valence-electron chi connectivity index (χ0n) is 16.7. The molecule has 2 aromatic heterocycles. The highest BCUT2D eigenvalue weighted by Gasteiger charge is 2.30. The Hall–Kier alpha value is -4.15. The molecule has 0 radical (unpaired) electrons. The number of rotatable bonds is 5. The average Bonchev–Trinajstić information content (AvgIpc) is 3.36. The van der Waals surface area contributed by atoms with Gasteiger partial charge in [-0.25, -0.2) is 4.99 Å². The standard InChI is InChI=1S/C21H17F3N6O2/c1-29-12-16(10-25-29)15-5-2-4-14(8-15)11-30-13-19(32-28-30)27-20(31)26-18-7-3-6-17(9-18)21(22,23)24/h2-10,12-13H,11H2,1H3,(H-,26,27,28,31). The quantitative estimate of drug-likeness (QED) is 0.291. The average molecular weight is 442 g/mol. The Morgan fingerprint density at radius 1 is 1.19 bits per heavy atom. The fraction of sp³-hybridized carbons (Fsp3) is 0.143. The predicted octanol–water partition coefficient (Wildman–Crippen LogP) is 2.89. The first-order valence-corrected chi connectivity index (χ1v) is 9.41. The van der Waals surface area contributed by atoms with Crippen molar-refractivity contribution in [2.24, 2.45) is 12.0 Å². The fourth-order valence-corrected chi connectivity index (χ4v) is 3.02. The molecule has 0 saturated carbocycles. The van der Waals surface area contributed by atoms with Gasteiger partial charge in [-0.1, -0.05) is 24.3 Å². The third kappa shape index (κ3) is 5.12. The van der Waals surface area contributed by atoms with Gasteiger partial charge in [-0.2, -0.15) is 18.3 Å². The monoisotopic (exact) mass is 442 g/mol. The Balaban J connectivity index is 1.44. The van der Waals surface area contributed by atoms with Crippen molar-refractivity contribution >= 4 is 17.6 Å². The summed E-state index contributed by atoms with van der Waals surface area (Å²) >= 11 is 0. The topological polar surface area (TPSA) is 95.2 Å². The number of hydrogen-bond acceptors (Lipinski definition) is 5. The minimum Gasteiger partial charge on any atom is -0.846 e. The Morgan fingerprint density at radius 2 is 2.00 bits per heavy atom. The van der Waals surface area contributed by atoms with Gasteiger partial charge in [0.25, 0.3) is 6.20 Å². The molecule has 0 fully saturated rings. The minimum absolute atomic E-state index is 0.0341. The van der Waals surface area contributed by atoms with Gasteiger partial charge in [0, 0.05) is 30.1 Å². The van der Waals surface area contributed by atoms with E-state index < -0.39 is 17.8 Å². The zero-order valence-corrected chi connectivity index (χ0v) is 16.7. The smallest absolute Gasteiger partial charge is 0.416 e. The molecular weight excluding hydrogens is 425 g/mol. The van der Waals surface area contributed by atoms with Gasteiger partial charge >= 0.3 is 12.1 Å². The van der Waals surface area contributed by atoms with Crippen molar-refractivity contribution in [1.82, 2.24) is 15.1 Å². The van der Waals surface area contributed by atoms with E-state index in [0.717, 1.165) is 28.8 Å². The number of hydrogen-bond donors (Lipinski definition) is 1. The summed E-state index contributed by atoms with van der Waals surface area (Å²) in [4.78, 5) is 3.68. The third-order valence-electron chi connectivity index (χ3n) is 4.46. The molecule has 11 heteroatoms. The molecular formula is C21H17F3N6O2. The predicted molar refractivity (Wildman–Crippen MR) is 107 cm³/mol. The lowest BCUT2D eigenvalue weighted by atomic mass is 10.1. The summed E-state index contributed by atoms with van der Waals surface area (Å²) < 4.78 is 46.6. The number of aliphatic imine (C=N–C) groups is 1. The first-order valence-electron chi connectivity index (χ1n) is 9.41. The van der Waals surface area contributed by atoms with E-state index >= 15 is 0 Å². The molecule has 2 heterocycles. The molecule has 1 N–H and O–H groups in total.